The molecule has 1 aliphatic rings. The largest absolute Gasteiger partial charge is 0.492 e. The van der Waals surface area contributed by atoms with Gasteiger partial charge in [0.25, 0.3) is 0 Å². The van der Waals surface area contributed by atoms with Crippen LogP contribution < -0.4 is 15.0 Å². The number of nitrogens with zero attached hydrogens (tertiary/aromatic N) is 2. The number of rotatable bonds is 5. The van der Waals surface area contributed by atoms with Crippen LogP contribution in [0.3, 0.4) is 0 Å². The van der Waals surface area contributed by atoms with E-state index in [1.165, 1.54) is 0 Å². The molecule has 0 spiro atoms. The summed E-state index contributed by atoms with van der Waals surface area (Å²) in [5.74, 6) is -0.0300. The number of aromatic nitrogens is 1. The molecule has 1 saturated heterocycles. The van der Waals surface area contributed by atoms with Crippen molar-refractivity contribution in [2.45, 2.75) is 13.3 Å². The zero-order valence-electron chi connectivity index (χ0n) is 15.6. The second-order valence-corrected chi connectivity index (χ2v) is 6.71. The topological polar surface area (TPSA) is 71.5 Å². The summed E-state index contributed by atoms with van der Waals surface area (Å²) >= 11 is 0. The molecule has 0 bridgehead atoms. The highest BCUT2D eigenvalue weighted by Crippen LogP contribution is 2.33. The first-order valence-corrected chi connectivity index (χ1v) is 9.33. The molecule has 0 saturated carbocycles. The van der Waals surface area contributed by atoms with Crippen molar-refractivity contribution in [1.82, 2.24) is 4.98 Å². The first-order chi connectivity index (χ1) is 13.7. The van der Waals surface area contributed by atoms with E-state index < -0.39 is 5.92 Å². The summed E-state index contributed by atoms with van der Waals surface area (Å²) in [7, 11) is 0. The third kappa shape index (κ3) is 3.53. The number of nitrogens with one attached hydrogen (secondary N) is 1. The molecule has 4 rings (SSSR count). The van der Waals surface area contributed by atoms with Crippen LogP contribution >= 0.6 is 0 Å². The Labute approximate surface area is 163 Å². The number of hydrogen-bond acceptors (Lipinski definition) is 4. The summed E-state index contributed by atoms with van der Waals surface area (Å²) in [5, 5.41) is 3.85. The highest BCUT2D eigenvalue weighted by molar-refractivity contribution is 6.04. The molecule has 1 fully saturated rings. The summed E-state index contributed by atoms with van der Waals surface area (Å²) in [4.78, 5) is 31.3. The van der Waals surface area contributed by atoms with Crippen LogP contribution in [0.2, 0.25) is 0 Å². The number of anilines is 2. The van der Waals surface area contributed by atoms with Crippen LogP contribution in [-0.2, 0) is 9.59 Å². The number of pyridine rings is 1. The Kier molecular flexibility index (Phi) is 4.93. The number of amides is 2. The highest BCUT2D eigenvalue weighted by atomic mass is 16.5. The fourth-order valence-corrected chi connectivity index (χ4v) is 3.46. The Bertz CT molecular complexity index is 1030. The average Bonchev–Trinajstić information content (AvgIpc) is 3.10. The van der Waals surface area contributed by atoms with E-state index in [-0.39, 0.29) is 18.2 Å². The molecule has 2 aromatic carbocycles. The van der Waals surface area contributed by atoms with Crippen molar-refractivity contribution < 1.29 is 14.3 Å². The van der Waals surface area contributed by atoms with Crippen molar-refractivity contribution >= 4 is 34.1 Å². The van der Waals surface area contributed by atoms with Crippen molar-refractivity contribution in [2.75, 3.05) is 23.4 Å². The minimum atomic E-state index is -0.423. The third-order valence-corrected chi connectivity index (χ3v) is 4.81. The Morgan fingerprint density at radius 1 is 1.21 bits per heavy atom. The van der Waals surface area contributed by atoms with E-state index in [4.69, 9.17) is 4.74 Å². The number of para-hydroxylation sites is 3. The van der Waals surface area contributed by atoms with Gasteiger partial charge in [-0.25, -0.2) is 0 Å². The maximum atomic E-state index is 12.7. The molecule has 2 amide bonds. The molecule has 1 atom stereocenters. The minimum absolute atomic E-state index is 0.0797. The summed E-state index contributed by atoms with van der Waals surface area (Å²) < 4.78 is 5.63. The first-order valence-electron chi connectivity index (χ1n) is 9.33. The van der Waals surface area contributed by atoms with E-state index in [1.54, 1.807) is 11.1 Å². The van der Waals surface area contributed by atoms with Crippen molar-refractivity contribution in [3.63, 3.8) is 0 Å². The van der Waals surface area contributed by atoms with Crippen LogP contribution in [0.5, 0.6) is 5.75 Å². The van der Waals surface area contributed by atoms with Gasteiger partial charge in [0.1, 0.15) is 5.75 Å². The lowest BCUT2D eigenvalue weighted by atomic mass is 10.1. The number of hydrogen-bond donors (Lipinski definition) is 1. The van der Waals surface area contributed by atoms with Gasteiger partial charge in [-0.3, -0.25) is 14.6 Å². The number of carbonyl (C=O) groups excluding carboxylic acids is 2. The molecule has 2 heterocycles. The Balaban J connectivity index is 1.49. The van der Waals surface area contributed by atoms with Gasteiger partial charge in [-0.15, -0.1) is 0 Å². The summed E-state index contributed by atoms with van der Waals surface area (Å²) in [6.45, 7) is 2.74. The fourth-order valence-electron chi connectivity index (χ4n) is 3.46. The van der Waals surface area contributed by atoms with Gasteiger partial charge >= 0.3 is 0 Å². The van der Waals surface area contributed by atoms with Crippen molar-refractivity contribution in [3.05, 3.63) is 60.8 Å². The van der Waals surface area contributed by atoms with Crippen LogP contribution in [-0.4, -0.2) is 29.9 Å². The van der Waals surface area contributed by atoms with Gasteiger partial charge in [0.15, 0.2) is 0 Å². The van der Waals surface area contributed by atoms with Crippen LogP contribution in [0.4, 0.5) is 11.4 Å². The molecule has 6 nitrogen and oxygen atoms in total. The van der Waals surface area contributed by atoms with Crippen LogP contribution in [0.25, 0.3) is 10.9 Å². The molecule has 0 unspecified atom stereocenters. The van der Waals surface area contributed by atoms with Crippen molar-refractivity contribution in [2.24, 2.45) is 5.92 Å². The normalized spacial score (nSPS) is 16.4. The smallest absolute Gasteiger partial charge is 0.229 e. The van der Waals surface area contributed by atoms with E-state index in [2.05, 4.69) is 10.3 Å². The Morgan fingerprint density at radius 2 is 2.00 bits per heavy atom. The quantitative estimate of drug-likeness (QED) is 0.739. The molecule has 1 N–H and O–H groups in total. The molecule has 6 heteroatoms. The maximum absolute atomic E-state index is 12.7. The summed E-state index contributed by atoms with van der Waals surface area (Å²) in [6.07, 6.45) is 1.81. The summed E-state index contributed by atoms with van der Waals surface area (Å²) in [5.41, 5.74) is 2.21. The number of ether oxygens (including phenoxy) is 1. The van der Waals surface area contributed by atoms with Gasteiger partial charge < -0.3 is 15.0 Å². The Hall–Kier alpha value is -3.41. The van der Waals surface area contributed by atoms with E-state index in [9.17, 15) is 9.59 Å². The lowest BCUT2D eigenvalue weighted by molar-refractivity contribution is -0.122. The zero-order chi connectivity index (χ0) is 19.5. The molecule has 0 aliphatic carbocycles. The van der Waals surface area contributed by atoms with Gasteiger partial charge in [-0.1, -0.05) is 30.3 Å². The van der Waals surface area contributed by atoms with Crippen LogP contribution in [0.15, 0.2) is 60.8 Å². The minimum Gasteiger partial charge on any atom is -0.492 e. The highest BCUT2D eigenvalue weighted by Gasteiger charge is 2.36. The molecular weight excluding hydrogens is 354 g/mol. The molecule has 3 aromatic rings. The van der Waals surface area contributed by atoms with E-state index in [0.717, 1.165) is 10.9 Å². The zero-order valence-corrected chi connectivity index (χ0v) is 15.6. The lowest BCUT2D eigenvalue weighted by Gasteiger charge is -2.20. The molecule has 1 aromatic heterocycles. The molecule has 1 aliphatic heterocycles. The predicted octanol–water partition coefficient (Wildman–Crippen LogP) is 3.63. The van der Waals surface area contributed by atoms with Crippen molar-refractivity contribution in [3.8, 4) is 5.75 Å². The lowest BCUT2D eigenvalue weighted by Crippen LogP contribution is -2.28. The molecule has 142 valence electrons. The monoisotopic (exact) mass is 375 g/mol. The molecule has 28 heavy (non-hydrogen) atoms. The van der Waals surface area contributed by atoms with Gasteiger partial charge in [0.05, 0.1) is 35.6 Å². The SMILES string of the molecule is CCOc1ccccc1N1C[C@H](C(=O)Nc2cnc3ccccc3c2)CC1=O. The van der Waals surface area contributed by atoms with Crippen LogP contribution in [0, 0.1) is 5.92 Å². The van der Waals surface area contributed by atoms with Gasteiger partial charge in [-0.2, -0.15) is 0 Å². The Morgan fingerprint density at radius 3 is 2.86 bits per heavy atom. The number of benzene rings is 2. The van der Waals surface area contributed by atoms with Crippen molar-refractivity contribution in [1.29, 1.82) is 0 Å². The van der Waals surface area contributed by atoms with Gasteiger partial charge in [-0.05, 0) is 31.2 Å². The van der Waals surface area contributed by atoms with E-state index in [0.29, 0.717) is 30.3 Å². The predicted molar refractivity (Wildman–Crippen MR) is 108 cm³/mol. The number of carbonyl (C=O) groups is 2. The maximum Gasteiger partial charge on any atom is 0.229 e. The average molecular weight is 375 g/mol. The molecule has 0 radical (unpaired) electrons. The first kappa shape index (κ1) is 18.0. The van der Waals surface area contributed by atoms with E-state index in [1.807, 2.05) is 61.5 Å². The number of fused-ring (bicyclic) bond motifs is 1. The standard InChI is InChI=1S/C22H21N3O3/c1-2-28-20-10-6-5-9-19(20)25-14-16(12-21(25)26)22(27)24-17-11-15-7-3-4-8-18(15)23-13-17/h3-11,13,16H,2,12,14H2,1H3,(H,24,27)/t16-/m1/s1. The van der Waals surface area contributed by atoms with Gasteiger partial charge in [0, 0.05) is 18.4 Å². The second kappa shape index (κ2) is 7.68. The summed E-state index contributed by atoms with van der Waals surface area (Å²) in [6, 6.07) is 17.0. The van der Waals surface area contributed by atoms with Crippen LogP contribution in [0.1, 0.15) is 13.3 Å². The molecular formula is C22H21N3O3. The van der Waals surface area contributed by atoms with Gasteiger partial charge in [0.2, 0.25) is 11.8 Å². The third-order valence-electron chi connectivity index (χ3n) is 4.81. The second-order valence-electron chi connectivity index (χ2n) is 6.71. The van der Waals surface area contributed by atoms with E-state index >= 15 is 0 Å². The fraction of sp³-hybridized carbons (Fsp3) is 0.227.